The molecule has 0 bridgehead atoms. The van der Waals surface area contributed by atoms with Gasteiger partial charge in [0.15, 0.2) is 0 Å². The number of halogens is 2. The Bertz CT molecular complexity index is 364. The average Bonchev–Trinajstić information content (AvgIpc) is 2.58. The molecule has 0 saturated carbocycles. The molecule has 1 saturated heterocycles. The third kappa shape index (κ3) is 2.71. The standard InChI is InChI=1S/C10H12Br2N2O/c1-10(2-3-15-6-10)14-9-8(12)4-7(11)5-13-9/h4-5H,2-3,6H2,1H3,(H,13,14). The molecule has 1 unspecified atom stereocenters. The first-order valence-corrected chi connectivity index (χ1v) is 6.35. The highest BCUT2D eigenvalue weighted by Crippen LogP contribution is 2.29. The second kappa shape index (κ2) is 4.39. The molecule has 0 radical (unpaired) electrons. The minimum Gasteiger partial charge on any atom is -0.379 e. The van der Waals surface area contributed by atoms with Crippen molar-refractivity contribution in [2.45, 2.75) is 18.9 Å². The van der Waals surface area contributed by atoms with E-state index in [-0.39, 0.29) is 5.54 Å². The Morgan fingerprint density at radius 1 is 1.53 bits per heavy atom. The van der Waals surface area contributed by atoms with Gasteiger partial charge < -0.3 is 10.1 Å². The molecule has 1 aliphatic heterocycles. The Morgan fingerprint density at radius 2 is 2.33 bits per heavy atom. The number of nitrogens with zero attached hydrogens (tertiary/aromatic N) is 1. The van der Waals surface area contributed by atoms with Gasteiger partial charge in [-0.1, -0.05) is 0 Å². The summed E-state index contributed by atoms with van der Waals surface area (Å²) in [7, 11) is 0. The van der Waals surface area contributed by atoms with Gasteiger partial charge in [0.05, 0.1) is 16.6 Å². The molecule has 2 heterocycles. The molecule has 0 spiro atoms. The maximum atomic E-state index is 5.38. The summed E-state index contributed by atoms with van der Waals surface area (Å²) in [4.78, 5) is 4.33. The first kappa shape index (κ1) is 11.4. The summed E-state index contributed by atoms with van der Waals surface area (Å²) < 4.78 is 7.31. The van der Waals surface area contributed by atoms with Crippen LogP contribution in [-0.4, -0.2) is 23.7 Å². The molecule has 1 aliphatic rings. The minimum atomic E-state index is 0.00332. The summed E-state index contributed by atoms with van der Waals surface area (Å²) >= 11 is 6.86. The molecule has 0 amide bonds. The second-order valence-corrected chi connectivity index (χ2v) is 5.74. The number of aromatic nitrogens is 1. The average molecular weight is 336 g/mol. The summed E-state index contributed by atoms with van der Waals surface area (Å²) in [6.07, 6.45) is 2.80. The van der Waals surface area contributed by atoms with E-state index < -0.39 is 0 Å². The van der Waals surface area contributed by atoms with Gasteiger partial charge in [0.25, 0.3) is 0 Å². The van der Waals surface area contributed by atoms with Crippen LogP contribution in [0.4, 0.5) is 5.82 Å². The number of rotatable bonds is 2. The van der Waals surface area contributed by atoms with Gasteiger partial charge in [-0.05, 0) is 51.3 Å². The lowest BCUT2D eigenvalue weighted by Gasteiger charge is -2.24. The quantitative estimate of drug-likeness (QED) is 0.901. The van der Waals surface area contributed by atoms with Crippen LogP contribution >= 0.6 is 31.9 Å². The smallest absolute Gasteiger partial charge is 0.140 e. The van der Waals surface area contributed by atoms with Gasteiger partial charge in [-0.2, -0.15) is 0 Å². The Labute approximate surface area is 106 Å². The van der Waals surface area contributed by atoms with Crippen LogP contribution in [0.1, 0.15) is 13.3 Å². The first-order valence-electron chi connectivity index (χ1n) is 4.76. The lowest BCUT2D eigenvalue weighted by Crippen LogP contribution is -2.35. The third-order valence-corrected chi connectivity index (χ3v) is 3.48. The number of ether oxygens (including phenoxy) is 1. The van der Waals surface area contributed by atoms with Gasteiger partial charge in [-0.25, -0.2) is 4.98 Å². The Balaban J connectivity index is 2.16. The summed E-state index contributed by atoms with van der Waals surface area (Å²) in [5.74, 6) is 0.867. The topological polar surface area (TPSA) is 34.2 Å². The van der Waals surface area contributed by atoms with Crippen LogP contribution in [0.25, 0.3) is 0 Å². The SMILES string of the molecule is CC1(Nc2ncc(Br)cc2Br)CCOC1. The number of pyridine rings is 1. The zero-order valence-corrected chi connectivity index (χ0v) is 11.6. The minimum absolute atomic E-state index is 0.00332. The summed E-state index contributed by atoms with van der Waals surface area (Å²) in [6.45, 7) is 3.70. The van der Waals surface area contributed by atoms with Gasteiger partial charge in [0, 0.05) is 17.3 Å². The molecule has 1 aromatic rings. The van der Waals surface area contributed by atoms with Crippen molar-refractivity contribution in [3.05, 3.63) is 21.2 Å². The van der Waals surface area contributed by atoms with Crippen LogP contribution in [0.5, 0.6) is 0 Å². The van der Waals surface area contributed by atoms with Crippen molar-refractivity contribution >= 4 is 37.7 Å². The highest BCUT2D eigenvalue weighted by molar-refractivity contribution is 9.11. The van der Waals surface area contributed by atoms with E-state index in [0.717, 1.165) is 34.4 Å². The zero-order valence-electron chi connectivity index (χ0n) is 8.39. The van der Waals surface area contributed by atoms with E-state index >= 15 is 0 Å². The van der Waals surface area contributed by atoms with E-state index in [1.165, 1.54) is 0 Å². The lowest BCUT2D eigenvalue weighted by atomic mass is 10.0. The van der Waals surface area contributed by atoms with Crippen LogP contribution in [-0.2, 0) is 4.74 Å². The van der Waals surface area contributed by atoms with Crippen molar-refractivity contribution in [2.75, 3.05) is 18.5 Å². The lowest BCUT2D eigenvalue weighted by molar-refractivity contribution is 0.185. The molecular formula is C10H12Br2N2O. The van der Waals surface area contributed by atoms with Crippen molar-refractivity contribution in [3.63, 3.8) is 0 Å². The van der Waals surface area contributed by atoms with E-state index in [9.17, 15) is 0 Å². The third-order valence-electron chi connectivity index (χ3n) is 2.45. The Morgan fingerprint density at radius 3 is 2.93 bits per heavy atom. The highest BCUT2D eigenvalue weighted by atomic mass is 79.9. The van der Waals surface area contributed by atoms with Crippen molar-refractivity contribution in [1.29, 1.82) is 0 Å². The van der Waals surface area contributed by atoms with E-state index in [4.69, 9.17) is 4.74 Å². The Kier molecular flexibility index (Phi) is 3.33. The van der Waals surface area contributed by atoms with Gasteiger partial charge >= 0.3 is 0 Å². The summed E-state index contributed by atoms with van der Waals surface area (Å²) in [5, 5.41) is 3.41. The number of hydrogen-bond acceptors (Lipinski definition) is 3. The van der Waals surface area contributed by atoms with Gasteiger partial charge in [0.2, 0.25) is 0 Å². The van der Waals surface area contributed by atoms with E-state index in [1.54, 1.807) is 6.20 Å². The zero-order chi connectivity index (χ0) is 10.9. The molecule has 0 aliphatic carbocycles. The normalized spacial score (nSPS) is 25.5. The van der Waals surface area contributed by atoms with Gasteiger partial charge in [-0.15, -0.1) is 0 Å². The first-order chi connectivity index (χ1) is 7.09. The van der Waals surface area contributed by atoms with E-state index in [1.807, 2.05) is 6.07 Å². The van der Waals surface area contributed by atoms with E-state index in [2.05, 4.69) is 49.1 Å². The van der Waals surface area contributed by atoms with Crippen LogP contribution in [0.3, 0.4) is 0 Å². The maximum absolute atomic E-state index is 5.38. The highest BCUT2D eigenvalue weighted by Gasteiger charge is 2.30. The van der Waals surface area contributed by atoms with Gasteiger partial charge in [0.1, 0.15) is 5.82 Å². The molecule has 1 N–H and O–H groups in total. The number of hydrogen-bond donors (Lipinski definition) is 1. The van der Waals surface area contributed by atoms with Crippen molar-refractivity contribution < 1.29 is 4.74 Å². The maximum Gasteiger partial charge on any atom is 0.140 e. The number of nitrogens with one attached hydrogen (secondary N) is 1. The summed E-state index contributed by atoms with van der Waals surface area (Å²) in [6, 6.07) is 1.98. The molecule has 1 aromatic heterocycles. The molecule has 1 atom stereocenters. The molecule has 82 valence electrons. The van der Waals surface area contributed by atoms with Crippen molar-refractivity contribution in [3.8, 4) is 0 Å². The molecule has 2 rings (SSSR count). The fraction of sp³-hybridized carbons (Fsp3) is 0.500. The van der Waals surface area contributed by atoms with E-state index in [0.29, 0.717) is 0 Å². The predicted octanol–water partition coefficient (Wildman–Crippen LogP) is 3.20. The molecular weight excluding hydrogens is 324 g/mol. The van der Waals surface area contributed by atoms with Crippen molar-refractivity contribution in [1.82, 2.24) is 4.98 Å². The second-order valence-electron chi connectivity index (χ2n) is 3.97. The van der Waals surface area contributed by atoms with Gasteiger partial charge in [-0.3, -0.25) is 0 Å². The predicted molar refractivity (Wildman–Crippen MR) is 67.1 cm³/mol. The fourth-order valence-corrected chi connectivity index (χ4v) is 2.64. The number of anilines is 1. The van der Waals surface area contributed by atoms with Crippen LogP contribution < -0.4 is 5.32 Å². The molecule has 5 heteroatoms. The largest absolute Gasteiger partial charge is 0.379 e. The Hall–Kier alpha value is -0.130. The fourth-order valence-electron chi connectivity index (χ4n) is 1.56. The molecule has 1 fully saturated rings. The molecule has 0 aromatic carbocycles. The molecule has 3 nitrogen and oxygen atoms in total. The molecule has 15 heavy (non-hydrogen) atoms. The van der Waals surface area contributed by atoms with Crippen LogP contribution in [0, 0.1) is 0 Å². The summed E-state index contributed by atoms with van der Waals surface area (Å²) in [5.41, 5.74) is 0.00332. The van der Waals surface area contributed by atoms with Crippen LogP contribution in [0.15, 0.2) is 21.2 Å². The van der Waals surface area contributed by atoms with Crippen LogP contribution in [0.2, 0.25) is 0 Å². The monoisotopic (exact) mass is 334 g/mol. The van der Waals surface area contributed by atoms with Crippen molar-refractivity contribution in [2.24, 2.45) is 0 Å².